The number of carbonyl (C=O) groups is 2. The van der Waals surface area contributed by atoms with Crippen molar-refractivity contribution in [3.8, 4) is 0 Å². The molecular formula is C20H24N4O3. The standard InChI is InChI=1S/C20H24N4O3/c25-19(24-12-10-22(11-13-24)18-1-6-21-7-2-18)16-3-8-23(9-4-16)20(26)17-5-14-27-15-17/h1-2,5-7,14-16H,3-4,8-13H2. The van der Waals surface area contributed by atoms with Crippen molar-refractivity contribution in [3.63, 3.8) is 0 Å². The number of piperidine rings is 1. The van der Waals surface area contributed by atoms with Gasteiger partial charge in [0.05, 0.1) is 11.8 Å². The van der Waals surface area contributed by atoms with Gasteiger partial charge in [0.25, 0.3) is 5.91 Å². The highest BCUT2D eigenvalue weighted by Gasteiger charge is 2.32. The lowest BCUT2D eigenvalue weighted by Crippen LogP contribution is -2.52. The third kappa shape index (κ3) is 3.82. The Balaban J connectivity index is 1.27. The second-order valence-corrected chi connectivity index (χ2v) is 7.10. The normalized spacial score (nSPS) is 18.6. The van der Waals surface area contributed by atoms with Crippen LogP contribution in [0.25, 0.3) is 0 Å². The summed E-state index contributed by atoms with van der Waals surface area (Å²) in [5, 5.41) is 0. The van der Waals surface area contributed by atoms with Crippen LogP contribution in [0.3, 0.4) is 0 Å². The van der Waals surface area contributed by atoms with Crippen molar-refractivity contribution in [1.29, 1.82) is 0 Å². The monoisotopic (exact) mass is 368 g/mol. The minimum Gasteiger partial charge on any atom is -0.472 e. The quantitative estimate of drug-likeness (QED) is 0.827. The SMILES string of the molecule is O=C(c1ccoc1)N1CCC(C(=O)N2CCN(c3ccncc3)CC2)CC1. The average Bonchev–Trinajstić information content (AvgIpc) is 3.28. The fourth-order valence-electron chi connectivity index (χ4n) is 3.90. The molecule has 4 heterocycles. The lowest BCUT2D eigenvalue weighted by atomic mass is 9.94. The first kappa shape index (κ1) is 17.6. The largest absolute Gasteiger partial charge is 0.472 e. The molecule has 2 fully saturated rings. The van der Waals surface area contributed by atoms with E-state index in [1.165, 1.54) is 12.5 Å². The van der Waals surface area contributed by atoms with Crippen molar-refractivity contribution in [2.45, 2.75) is 12.8 Å². The molecule has 0 radical (unpaired) electrons. The molecule has 0 bridgehead atoms. The summed E-state index contributed by atoms with van der Waals surface area (Å²) in [4.78, 5) is 35.4. The maximum Gasteiger partial charge on any atom is 0.257 e. The number of carbonyl (C=O) groups excluding carboxylic acids is 2. The van der Waals surface area contributed by atoms with Gasteiger partial charge in [0.1, 0.15) is 6.26 Å². The van der Waals surface area contributed by atoms with E-state index >= 15 is 0 Å². The summed E-state index contributed by atoms with van der Waals surface area (Å²) < 4.78 is 4.99. The van der Waals surface area contributed by atoms with E-state index in [1.807, 2.05) is 21.9 Å². The lowest BCUT2D eigenvalue weighted by Gasteiger charge is -2.39. The van der Waals surface area contributed by atoms with Crippen LogP contribution >= 0.6 is 0 Å². The van der Waals surface area contributed by atoms with Gasteiger partial charge in [0.2, 0.25) is 5.91 Å². The van der Waals surface area contributed by atoms with E-state index in [0.717, 1.165) is 44.7 Å². The molecule has 0 atom stereocenters. The van der Waals surface area contributed by atoms with Crippen molar-refractivity contribution in [3.05, 3.63) is 48.7 Å². The van der Waals surface area contributed by atoms with Crippen molar-refractivity contribution >= 4 is 17.5 Å². The third-order valence-electron chi connectivity index (χ3n) is 5.52. The van der Waals surface area contributed by atoms with Gasteiger partial charge in [0, 0.05) is 63.3 Å². The van der Waals surface area contributed by atoms with Crippen LogP contribution in [0.5, 0.6) is 0 Å². The Kier molecular flexibility index (Phi) is 5.09. The molecule has 2 aromatic rings. The molecule has 0 aliphatic carbocycles. The number of nitrogens with zero attached hydrogens (tertiary/aromatic N) is 4. The summed E-state index contributed by atoms with van der Waals surface area (Å²) in [6, 6.07) is 5.69. The molecule has 0 saturated carbocycles. The highest BCUT2D eigenvalue weighted by Crippen LogP contribution is 2.23. The van der Waals surface area contributed by atoms with E-state index in [1.54, 1.807) is 18.5 Å². The molecule has 0 spiro atoms. The molecular weight excluding hydrogens is 344 g/mol. The molecule has 0 unspecified atom stereocenters. The van der Waals surface area contributed by atoms with Crippen LogP contribution in [-0.4, -0.2) is 65.9 Å². The predicted octanol–water partition coefficient (Wildman–Crippen LogP) is 1.88. The predicted molar refractivity (Wildman–Crippen MR) is 100 cm³/mol. The summed E-state index contributed by atoms with van der Waals surface area (Å²) in [7, 11) is 0. The van der Waals surface area contributed by atoms with E-state index in [9.17, 15) is 9.59 Å². The molecule has 2 amide bonds. The number of anilines is 1. The third-order valence-corrected chi connectivity index (χ3v) is 5.52. The maximum atomic E-state index is 12.9. The summed E-state index contributed by atoms with van der Waals surface area (Å²) >= 11 is 0. The molecule has 4 rings (SSSR count). The minimum atomic E-state index is -0.0133. The lowest BCUT2D eigenvalue weighted by molar-refractivity contribution is -0.137. The minimum absolute atomic E-state index is 0.0133. The molecule has 142 valence electrons. The van der Waals surface area contributed by atoms with Gasteiger partial charge in [-0.2, -0.15) is 0 Å². The second-order valence-electron chi connectivity index (χ2n) is 7.10. The zero-order valence-corrected chi connectivity index (χ0v) is 15.3. The highest BCUT2D eigenvalue weighted by molar-refractivity contribution is 5.94. The maximum absolute atomic E-state index is 12.9. The Labute approximate surface area is 158 Å². The highest BCUT2D eigenvalue weighted by atomic mass is 16.3. The summed E-state index contributed by atoms with van der Waals surface area (Å²) in [6.07, 6.45) is 8.04. The van der Waals surface area contributed by atoms with Gasteiger partial charge >= 0.3 is 0 Å². The number of furan rings is 1. The van der Waals surface area contributed by atoms with E-state index in [0.29, 0.717) is 18.7 Å². The van der Waals surface area contributed by atoms with Crippen LogP contribution in [0.15, 0.2) is 47.5 Å². The van der Waals surface area contributed by atoms with Crippen LogP contribution in [0, 0.1) is 5.92 Å². The number of hydrogen-bond acceptors (Lipinski definition) is 5. The number of amides is 2. The van der Waals surface area contributed by atoms with E-state index < -0.39 is 0 Å². The number of aromatic nitrogens is 1. The first-order chi connectivity index (χ1) is 13.2. The molecule has 2 aromatic heterocycles. The molecule has 0 aromatic carbocycles. The summed E-state index contributed by atoms with van der Waals surface area (Å²) in [6.45, 7) is 4.42. The first-order valence-corrected chi connectivity index (χ1v) is 9.47. The molecule has 7 heteroatoms. The van der Waals surface area contributed by atoms with Crippen molar-refractivity contribution in [1.82, 2.24) is 14.8 Å². The molecule has 2 aliphatic heterocycles. The Hall–Kier alpha value is -2.83. The van der Waals surface area contributed by atoms with Crippen LogP contribution in [0.1, 0.15) is 23.2 Å². The van der Waals surface area contributed by atoms with E-state index in [4.69, 9.17) is 4.42 Å². The summed E-state index contributed by atoms with van der Waals surface area (Å²) in [5.74, 6) is 0.242. The van der Waals surface area contributed by atoms with Gasteiger partial charge in [-0.1, -0.05) is 0 Å². The van der Waals surface area contributed by atoms with Crippen LogP contribution in [0.4, 0.5) is 5.69 Å². The van der Waals surface area contributed by atoms with Gasteiger partial charge in [-0.3, -0.25) is 14.6 Å². The summed E-state index contributed by atoms with van der Waals surface area (Å²) in [5.41, 5.74) is 1.73. The van der Waals surface area contributed by atoms with Crippen LogP contribution < -0.4 is 4.90 Å². The fraction of sp³-hybridized carbons (Fsp3) is 0.450. The number of pyridine rings is 1. The van der Waals surface area contributed by atoms with Crippen molar-refractivity contribution < 1.29 is 14.0 Å². The van der Waals surface area contributed by atoms with Crippen molar-refractivity contribution in [2.75, 3.05) is 44.2 Å². The number of piperazine rings is 1. The molecule has 0 N–H and O–H groups in total. The van der Waals surface area contributed by atoms with Crippen molar-refractivity contribution in [2.24, 2.45) is 5.92 Å². The topological polar surface area (TPSA) is 69.9 Å². The zero-order valence-electron chi connectivity index (χ0n) is 15.3. The van der Waals surface area contributed by atoms with Gasteiger partial charge in [-0.25, -0.2) is 0 Å². The van der Waals surface area contributed by atoms with Gasteiger partial charge in [-0.15, -0.1) is 0 Å². The van der Waals surface area contributed by atoms with Gasteiger partial charge in [-0.05, 0) is 31.0 Å². The molecule has 2 saturated heterocycles. The van der Waals surface area contributed by atoms with Crippen LogP contribution in [0.2, 0.25) is 0 Å². The zero-order chi connectivity index (χ0) is 18.6. The second kappa shape index (κ2) is 7.82. The molecule has 7 nitrogen and oxygen atoms in total. The van der Waals surface area contributed by atoms with Gasteiger partial charge in [0.15, 0.2) is 0 Å². The molecule has 27 heavy (non-hydrogen) atoms. The van der Waals surface area contributed by atoms with E-state index in [2.05, 4.69) is 9.88 Å². The van der Waals surface area contributed by atoms with E-state index in [-0.39, 0.29) is 17.7 Å². The van der Waals surface area contributed by atoms with Crippen LogP contribution in [-0.2, 0) is 4.79 Å². The fourth-order valence-corrected chi connectivity index (χ4v) is 3.90. The Morgan fingerprint density at radius 3 is 2.26 bits per heavy atom. The molecule has 2 aliphatic rings. The number of hydrogen-bond donors (Lipinski definition) is 0. The Morgan fingerprint density at radius 1 is 0.926 bits per heavy atom. The van der Waals surface area contributed by atoms with Gasteiger partial charge < -0.3 is 19.1 Å². The first-order valence-electron chi connectivity index (χ1n) is 9.47. The number of rotatable bonds is 3. The Morgan fingerprint density at radius 2 is 1.63 bits per heavy atom. The number of likely N-dealkylation sites (tertiary alicyclic amines) is 1. The average molecular weight is 368 g/mol. The smallest absolute Gasteiger partial charge is 0.257 e. The Bertz CT molecular complexity index is 762.